The Bertz CT molecular complexity index is 692. The van der Waals surface area contributed by atoms with Crippen molar-refractivity contribution in [3.05, 3.63) is 64.0 Å². The number of nitrogens with zero attached hydrogens (tertiary/aromatic N) is 3. The van der Waals surface area contributed by atoms with Crippen LogP contribution in [0.15, 0.2) is 42.6 Å². The lowest BCUT2D eigenvalue weighted by atomic mass is 10.1. The molecule has 0 amide bonds. The highest BCUT2D eigenvalue weighted by Gasteiger charge is 2.13. The molecule has 0 aliphatic carbocycles. The van der Waals surface area contributed by atoms with E-state index in [0.29, 0.717) is 22.4 Å². The third-order valence-electron chi connectivity index (χ3n) is 2.74. The molecule has 0 saturated carbocycles. The van der Waals surface area contributed by atoms with Gasteiger partial charge in [-0.2, -0.15) is 5.10 Å². The van der Waals surface area contributed by atoms with Gasteiger partial charge in [0.05, 0.1) is 6.20 Å². The van der Waals surface area contributed by atoms with Crippen LogP contribution in [0.5, 0.6) is 0 Å². The van der Waals surface area contributed by atoms with Crippen molar-refractivity contribution >= 4 is 28.8 Å². The average Bonchev–Trinajstić information content (AvgIpc) is 2.84. The van der Waals surface area contributed by atoms with E-state index in [1.54, 1.807) is 16.8 Å². The van der Waals surface area contributed by atoms with E-state index in [2.05, 4.69) is 10.1 Å². The first-order valence-electron chi connectivity index (χ1n) is 5.47. The predicted molar refractivity (Wildman–Crippen MR) is 72.3 cm³/mol. The summed E-state index contributed by atoms with van der Waals surface area (Å²) in [7, 11) is 0. The Balaban J connectivity index is 2.11. The van der Waals surface area contributed by atoms with E-state index in [0.717, 1.165) is 11.1 Å². The van der Waals surface area contributed by atoms with Crippen molar-refractivity contribution in [2.45, 2.75) is 6.42 Å². The smallest absolute Gasteiger partial charge is 0.158 e. The molecule has 0 atom stereocenters. The van der Waals surface area contributed by atoms with Crippen LogP contribution in [0.4, 0.5) is 0 Å². The van der Waals surface area contributed by atoms with E-state index in [4.69, 9.17) is 23.2 Å². The fourth-order valence-corrected chi connectivity index (χ4v) is 2.44. The summed E-state index contributed by atoms with van der Waals surface area (Å²) in [6.07, 6.45) is 2.29. The predicted octanol–water partition coefficient (Wildman–Crippen LogP) is 3.63. The minimum atomic E-state index is 0.428. The van der Waals surface area contributed by atoms with Crippen LogP contribution in [0.1, 0.15) is 11.1 Å². The molecule has 0 bridgehead atoms. The maximum absolute atomic E-state index is 6.31. The van der Waals surface area contributed by atoms with Gasteiger partial charge in [0.25, 0.3) is 0 Å². The SMILES string of the molecule is Clc1nc2ccnn2c(Cl)c1Cc1ccccc1. The Morgan fingerprint density at radius 2 is 1.83 bits per heavy atom. The second-order valence-corrected chi connectivity index (χ2v) is 4.65. The number of benzene rings is 1. The fourth-order valence-electron chi connectivity index (χ4n) is 1.86. The summed E-state index contributed by atoms with van der Waals surface area (Å²) in [5.41, 5.74) is 2.58. The van der Waals surface area contributed by atoms with E-state index in [1.165, 1.54) is 0 Å². The van der Waals surface area contributed by atoms with Crippen molar-refractivity contribution in [1.29, 1.82) is 0 Å². The molecule has 90 valence electrons. The van der Waals surface area contributed by atoms with Gasteiger partial charge in [-0.3, -0.25) is 0 Å². The van der Waals surface area contributed by atoms with Crippen LogP contribution in [0.3, 0.4) is 0 Å². The standard InChI is InChI=1S/C13H9Cl2N3/c14-12-10(8-9-4-2-1-3-5-9)13(15)18-11(17-12)6-7-16-18/h1-7H,8H2. The summed E-state index contributed by atoms with van der Waals surface area (Å²) < 4.78 is 1.59. The summed E-state index contributed by atoms with van der Waals surface area (Å²) in [4.78, 5) is 4.27. The fraction of sp³-hybridized carbons (Fsp3) is 0.0769. The molecule has 0 fully saturated rings. The summed E-state index contributed by atoms with van der Waals surface area (Å²) in [6.45, 7) is 0. The zero-order valence-electron chi connectivity index (χ0n) is 9.35. The molecule has 0 aliphatic rings. The van der Waals surface area contributed by atoms with Gasteiger partial charge < -0.3 is 0 Å². The van der Waals surface area contributed by atoms with Gasteiger partial charge in [0, 0.05) is 18.1 Å². The number of aromatic nitrogens is 3. The molecule has 3 aromatic rings. The van der Waals surface area contributed by atoms with Crippen LogP contribution in [0.2, 0.25) is 10.3 Å². The van der Waals surface area contributed by atoms with Gasteiger partial charge in [-0.05, 0) is 5.56 Å². The van der Waals surface area contributed by atoms with E-state index < -0.39 is 0 Å². The number of fused-ring (bicyclic) bond motifs is 1. The van der Waals surface area contributed by atoms with Crippen LogP contribution in [-0.4, -0.2) is 14.6 Å². The molecule has 0 N–H and O–H groups in total. The Morgan fingerprint density at radius 1 is 1.06 bits per heavy atom. The van der Waals surface area contributed by atoms with Crippen LogP contribution in [0.25, 0.3) is 5.65 Å². The third kappa shape index (κ3) is 1.96. The van der Waals surface area contributed by atoms with Crippen molar-refractivity contribution in [2.24, 2.45) is 0 Å². The largest absolute Gasteiger partial charge is 0.216 e. The topological polar surface area (TPSA) is 30.2 Å². The first-order valence-corrected chi connectivity index (χ1v) is 6.23. The van der Waals surface area contributed by atoms with Crippen LogP contribution in [0, 0.1) is 0 Å². The molecule has 5 heteroatoms. The molecular formula is C13H9Cl2N3. The molecule has 18 heavy (non-hydrogen) atoms. The Kier molecular flexibility index (Phi) is 2.94. The highest BCUT2D eigenvalue weighted by molar-refractivity contribution is 6.34. The molecule has 0 saturated heterocycles. The summed E-state index contributed by atoms with van der Waals surface area (Å²) in [6, 6.07) is 11.8. The lowest BCUT2D eigenvalue weighted by Gasteiger charge is -2.08. The zero-order valence-corrected chi connectivity index (χ0v) is 10.9. The monoisotopic (exact) mass is 277 g/mol. The Morgan fingerprint density at radius 3 is 2.61 bits per heavy atom. The molecule has 2 aromatic heterocycles. The molecule has 1 aromatic carbocycles. The van der Waals surface area contributed by atoms with Crippen molar-refractivity contribution in [2.75, 3.05) is 0 Å². The first-order chi connectivity index (χ1) is 8.75. The molecule has 2 heterocycles. The zero-order chi connectivity index (χ0) is 12.5. The number of halogens is 2. The lowest BCUT2D eigenvalue weighted by molar-refractivity contribution is 0.917. The van der Waals surface area contributed by atoms with Gasteiger partial charge in [0.1, 0.15) is 10.3 Å². The van der Waals surface area contributed by atoms with Crippen molar-refractivity contribution in [3.63, 3.8) is 0 Å². The van der Waals surface area contributed by atoms with Gasteiger partial charge in [-0.15, -0.1) is 0 Å². The van der Waals surface area contributed by atoms with E-state index >= 15 is 0 Å². The van der Waals surface area contributed by atoms with Crippen molar-refractivity contribution in [3.8, 4) is 0 Å². The maximum Gasteiger partial charge on any atom is 0.158 e. The molecule has 3 nitrogen and oxygen atoms in total. The average molecular weight is 278 g/mol. The second-order valence-electron chi connectivity index (χ2n) is 3.94. The first kappa shape index (κ1) is 11.5. The Labute approximate surface area is 114 Å². The minimum absolute atomic E-state index is 0.428. The lowest BCUT2D eigenvalue weighted by Crippen LogP contribution is -2.00. The van der Waals surface area contributed by atoms with Crippen LogP contribution in [-0.2, 0) is 6.42 Å². The highest BCUT2D eigenvalue weighted by Crippen LogP contribution is 2.26. The summed E-state index contributed by atoms with van der Waals surface area (Å²) in [5.74, 6) is 0. The van der Waals surface area contributed by atoms with Gasteiger partial charge in [0.15, 0.2) is 5.65 Å². The highest BCUT2D eigenvalue weighted by atomic mass is 35.5. The van der Waals surface area contributed by atoms with Crippen LogP contribution >= 0.6 is 23.2 Å². The second kappa shape index (κ2) is 4.59. The van der Waals surface area contributed by atoms with Crippen molar-refractivity contribution in [1.82, 2.24) is 14.6 Å². The Hall–Kier alpha value is -1.58. The van der Waals surface area contributed by atoms with E-state index in [9.17, 15) is 0 Å². The van der Waals surface area contributed by atoms with E-state index in [1.807, 2.05) is 30.3 Å². The normalized spacial score (nSPS) is 11.0. The van der Waals surface area contributed by atoms with Crippen molar-refractivity contribution < 1.29 is 0 Å². The molecule has 0 aliphatic heterocycles. The third-order valence-corrected chi connectivity index (χ3v) is 3.44. The molecule has 0 spiro atoms. The quantitative estimate of drug-likeness (QED) is 0.670. The minimum Gasteiger partial charge on any atom is -0.216 e. The number of rotatable bonds is 2. The summed E-state index contributed by atoms with van der Waals surface area (Å²) in [5, 5.41) is 5.07. The molecule has 0 unspecified atom stereocenters. The van der Waals surface area contributed by atoms with Gasteiger partial charge in [0.2, 0.25) is 0 Å². The molecule has 3 rings (SSSR count). The molecule has 0 radical (unpaired) electrons. The van der Waals surface area contributed by atoms with Gasteiger partial charge >= 0.3 is 0 Å². The van der Waals surface area contributed by atoms with Gasteiger partial charge in [-0.1, -0.05) is 53.5 Å². The number of hydrogen-bond donors (Lipinski definition) is 0. The maximum atomic E-state index is 6.31. The molecular weight excluding hydrogens is 269 g/mol. The number of hydrogen-bond acceptors (Lipinski definition) is 2. The summed E-state index contributed by atoms with van der Waals surface area (Å²) >= 11 is 12.5. The van der Waals surface area contributed by atoms with E-state index in [-0.39, 0.29) is 0 Å². The van der Waals surface area contributed by atoms with Crippen LogP contribution < -0.4 is 0 Å². The van der Waals surface area contributed by atoms with Gasteiger partial charge in [-0.25, -0.2) is 9.50 Å².